The summed E-state index contributed by atoms with van der Waals surface area (Å²) in [7, 11) is -3.73. The number of hydrogen-bond acceptors (Lipinski definition) is 3. The van der Waals surface area contributed by atoms with Crippen molar-refractivity contribution >= 4 is 10.0 Å². The van der Waals surface area contributed by atoms with Crippen molar-refractivity contribution in [1.29, 1.82) is 0 Å². The molecule has 1 rings (SSSR count). The van der Waals surface area contributed by atoms with E-state index in [2.05, 4.69) is 4.72 Å². The molecule has 1 unspecified atom stereocenters. The Morgan fingerprint density at radius 1 is 1.42 bits per heavy atom. The van der Waals surface area contributed by atoms with E-state index in [4.69, 9.17) is 5.11 Å². The first-order chi connectivity index (χ1) is 8.74. The highest BCUT2D eigenvalue weighted by atomic mass is 32.2. The highest BCUT2D eigenvalue weighted by Gasteiger charge is 2.29. The van der Waals surface area contributed by atoms with Gasteiger partial charge in [-0.2, -0.15) is 0 Å². The van der Waals surface area contributed by atoms with Crippen molar-refractivity contribution < 1.29 is 17.9 Å². The number of aryl methyl sites for hydroxylation is 1. The van der Waals surface area contributed by atoms with Crippen molar-refractivity contribution in [3.63, 3.8) is 0 Å². The lowest BCUT2D eigenvalue weighted by atomic mass is 9.97. The maximum absolute atomic E-state index is 13.0. The molecule has 0 fully saturated rings. The summed E-state index contributed by atoms with van der Waals surface area (Å²) in [6.45, 7) is 5.03. The summed E-state index contributed by atoms with van der Waals surface area (Å²) in [5, 5.41) is 9.01. The minimum absolute atomic E-state index is 0.0616. The molecule has 0 radical (unpaired) electrons. The molecule has 108 valence electrons. The predicted octanol–water partition coefficient (Wildman–Crippen LogP) is 1.96. The number of benzene rings is 1. The quantitative estimate of drug-likeness (QED) is 0.841. The topological polar surface area (TPSA) is 66.4 Å². The Hall–Kier alpha value is -0.980. The summed E-state index contributed by atoms with van der Waals surface area (Å²) < 4.78 is 40.2. The third kappa shape index (κ3) is 3.99. The molecule has 1 aromatic rings. The number of hydrogen-bond donors (Lipinski definition) is 2. The summed E-state index contributed by atoms with van der Waals surface area (Å²) in [5.41, 5.74) is -0.357. The van der Waals surface area contributed by atoms with E-state index in [0.717, 1.165) is 6.07 Å². The zero-order valence-electron chi connectivity index (χ0n) is 11.4. The summed E-state index contributed by atoms with van der Waals surface area (Å²) in [5.74, 6) is -0.468. The molecule has 1 aromatic carbocycles. The second kappa shape index (κ2) is 5.98. The molecule has 0 aliphatic carbocycles. The molecule has 2 N–H and O–H groups in total. The molecule has 6 heteroatoms. The lowest BCUT2D eigenvalue weighted by Crippen LogP contribution is -2.46. The molecule has 19 heavy (non-hydrogen) atoms. The fraction of sp³-hybridized carbons (Fsp3) is 0.538. The van der Waals surface area contributed by atoms with Crippen LogP contribution in [0.25, 0.3) is 0 Å². The maximum Gasteiger partial charge on any atom is 0.241 e. The average Bonchev–Trinajstić information content (AvgIpc) is 2.27. The smallest absolute Gasteiger partial charge is 0.241 e. The van der Waals surface area contributed by atoms with Gasteiger partial charge in [-0.05, 0) is 50.5 Å². The number of sulfonamides is 1. The van der Waals surface area contributed by atoms with Crippen LogP contribution < -0.4 is 4.72 Å². The summed E-state index contributed by atoms with van der Waals surface area (Å²) >= 11 is 0. The first kappa shape index (κ1) is 16.1. The number of nitrogens with one attached hydrogen (secondary N) is 1. The van der Waals surface area contributed by atoms with Gasteiger partial charge in [0.2, 0.25) is 10.0 Å². The molecule has 0 heterocycles. The van der Waals surface area contributed by atoms with Crippen molar-refractivity contribution in [2.24, 2.45) is 0 Å². The zero-order valence-corrected chi connectivity index (χ0v) is 12.2. The van der Waals surface area contributed by atoms with Gasteiger partial charge in [-0.1, -0.05) is 6.92 Å². The molecular formula is C13H20FNO3S. The first-order valence-corrected chi connectivity index (χ1v) is 7.63. The number of rotatable bonds is 6. The first-order valence-electron chi connectivity index (χ1n) is 6.15. The van der Waals surface area contributed by atoms with Crippen LogP contribution in [0.2, 0.25) is 0 Å². The molecule has 0 spiro atoms. The monoisotopic (exact) mass is 289 g/mol. The van der Waals surface area contributed by atoms with Crippen molar-refractivity contribution in [3.8, 4) is 0 Å². The van der Waals surface area contributed by atoms with Gasteiger partial charge in [0.15, 0.2) is 0 Å². The van der Waals surface area contributed by atoms with E-state index in [9.17, 15) is 12.8 Å². The van der Waals surface area contributed by atoms with Gasteiger partial charge in [0.25, 0.3) is 0 Å². The summed E-state index contributed by atoms with van der Waals surface area (Å²) in [6, 6.07) is 3.56. The highest BCUT2D eigenvalue weighted by Crippen LogP contribution is 2.21. The third-order valence-electron chi connectivity index (χ3n) is 3.25. The van der Waals surface area contributed by atoms with Crippen molar-refractivity contribution in [2.45, 2.75) is 44.0 Å². The van der Waals surface area contributed by atoms with Crippen molar-refractivity contribution in [3.05, 3.63) is 29.6 Å². The van der Waals surface area contributed by atoms with Crippen molar-refractivity contribution in [2.75, 3.05) is 6.61 Å². The number of aliphatic hydroxyl groups excluding tert-OH is 1. The van der Waals surface area contributed by atoms with Gasteiger partial charge in [0.05, 0.1) is 4.90 Å². The van der Waals surface area contributed by atoms with Crippen LogP contribution in [0.1, 0.15) is 32.3 Å². The largest absolute Gasteiger partial charge is 0.396 e. The summed E-state index contributed by atoms with van der Waals surface area (Å²) in [6.07, 6.45) is 0.871. The third-order valence-corrected chi connectivity index (χ3v) is 5.05. The molecule has 0 aromatic heterocycles. The van der Waals surface area contributed by atoms with E-state index in [1.807, 2.05) is 6.92 Å². The van der Waals surface area contributed by atoms with Crippen LogP contribution in [0, 0.1) is 12.7 Å². The van der Waals surface area contributed by atoms with Crippen molar-refractivity contribution in [1.82, 2.24) is 4.72 Å². The van der Waals surface area contributed by atoms with Crippen LogP contribution in [0.3, 0.4) is 0 Å². The van der Waals surface area contributed by atoms with Crippen LogP contribution >= 0.6 is 0 Å². The molecule has 0 saturated carbocycles. The molecule has 4 nitrogen and oxygen atoms in total. The van der Waals surface area contributed by atoms with Gasteiger partial charge >= 0.3 is 0 Å². The van der Waals surface area contributed by atoms with E-state index in [0.29, 0.717) is 18.4 Å². The standard InChI is InChI=1S/C13H20FNO3S/c1-4-13(3,7-8-16)15-19(17,18)12-6-5-11(14)9-10(12)2/h5-6,9,15-16H,4,7-8H2,1-3H3. The second-order valence-electron chi connectivity index (χ2n) is 4.90. The lowest BCUT2D eigenvalue weighted by Gasteiger charge is -2.28. The van der Waals surface area contributed by atoms with Gasteiger partial charge in [0.1, 0.15) is 5.82 Å². The number of halogens is 1. The normalized spacial score (nSPS) is 15.2. The Balaban J connectivity index is 3.10. The van der Waals surface area contributed by atoms with Crippen LogP contribution in [-0.4, -0.2) is 25.7 Å². The second-order valence-corrected chi connectivity index (χ2v) is 6.55. The fourth-order valence-corrected chi connectivity index (χ4v) is 3.58. The highest BCUT2D eigenvalue weighted by molar-refractivity contribution is 7.89. The van der Waals surface area contributed by atoms with Gasteiger partial charge < -0.3 is 5.11 Å². The lowest BCUT2D eigenvalue weighted by molar-refractivity contribution is 0.233. The minimum atomic E-state index is -3.73. The van der Waals surface area contributed by atoms with Crippen LogP contribution in [0.4, 0.5) is 4.39 Å². The molecule has 0 saturated heterocycles. The van der Waals surface area contributed by atoms with E-state index in [-0.39, 0.29) is 11.5 Å². The molecule has 0 bridgehead atoms. The minimum Gasteiger partial charge on any atom is -0.396 e. The average molecular weight is 289 g/mol. The van der Waals surface area contributed by atoms with E-state index >= 15 is 0 Å². The summed E-state index contributed by atoms with van der Waals surface area (Å²) in [4.78, 5) is 0.0616. The molecule has 0 amide bonds. The Morgan fingerprint density at radius 2 is 2.05 bits per heavy atom. The maximum atomic E-state index is 13.0. The van der Waals surface area contributed by atoms with Gasteiger partial charge in [-0.15, -0.1) is 0 Å². The zero-order chi connectivity index (χ0) is 14.7. The van der Waals surface area contributed by atoms with E-state index in [1.165, 1.54) is 12.1 Å². The van der Waals surface area contributed by atoms with Gasteiger partial charge in [0, 0.05) is 12.1 Å². The van der Waals surface area contributed by atoms with Crippen LogP contribution in [0.5, 0.6) is 0 Å². The van der Waals surface area contributed by atoms with E-state index in [1.54, 1.807) is 13.8 Å². The predicted molar refractivity (Wildman–Crippen MR) is 71.9 cm³/mol. The van der Waals surface area contributed by atoms with Crippen LogP contribution in [-0.2, 0) is 10.0 Å². The van der Waals surface area contributed by atoms with E-state index < -0.39 is 21.4 Å². The Morgan fingerprint density at radius 3 is 2.53 bits per heavy atom. The Labute approximate surface area is 113 Å². The van der Waals surface area contributed by atoms with Gasteiger partial charge in [-0.25, -0.2) is 17.5 Å². The molecular weight excluding hydrogens is 269 g/mol. The Kier molecular flexibility index (Phi) is 5.06. The Bertz CT molecular complexity index is 545. The number of aliphatic hydroxyl groups is 1. The molecule has 0 aliphatic rings. The molecule has 1 atom stereocenters. The SMILES string of the molecule is CCC(C)(CCO)NS(=O)(=O)c1ccc(F)cc1C. The fourth-order valence-electron chi connectivity index (χ4n) is 1.84. The van der Waals surface area contributed by atoms with Gasteiger partial charge in [-0.3, -0.25) is 0 Å². The van der Waals surface area contributed by atoms with Crippen LogP contribution in [0.15, 0.2) is 23.1 Å². The molecule has 0 aliphatic heterocycles.